The van der Waals surface area contributed by atoms with E-state index in [0.29, 0.717) is 5.76 Å². The minimum atomic E-state index is -0.576. The summed E-state index contributed by atoms with van der Waals surface area (Å²) in [6.07, 6.45) is 2.89. The molecule has 1 rings (SSSR count). The first-order chi connectivity index (χ1) is 5.74. The molecule has 0 bridgehead atoms. The van der Waals surface area contributed by atoms with Gasteiger partial charge in [-0.05, 0) is 12.1 Å². The summed E-state index contributed by atoms with van der Waals surface area (Å²) in [4.78, 5) is 10.8. The quantitative estimate of drug-likeness (QED) is 0.524. The van der Waals surface area contributed by atoms with Crippen LogP contribution in [0.15, 0.2) is 27.8 Å². The zero-order valence-electron chi connectivity index (χ0n) is 6.41. The number of carbonyl (C=O) groups is 1. The molecule has 0 unspecified atom stereocenters. The summed E-state index contributed by atoms with van der Waals surface area (Å²) in [5.74, 6) is -0.0570. The Balaban J connectivity index is 2.76. The first-order valence-electron chi connectivity index (χ1n) is 3.23. The van der Waals surface area contributed by atoms with Gasteiger partial charge < -0.3 is 9.15 Å². The van der Waals surface area contributed by atoms with Gasteiger partial charge in [0, 0.05) is 6.08 Å². The molecule has 0 saturated heterocycles. The zero-order valence-corrected chi connectivity index (χ0v) is 7.17. The molecule has 0 spiro atoms. The van der Waals surface area contributed by atoms with Crippen molar-refractivity contribution in [2.75, 3.05) is 7.11 Å². The molecule has 0 aromatic carbocycles. The molecule has 12 heavy (non-hydrogen) atoms. The lowest BCUT2D eigenvalue weighted by atomic mass is 10.4. The molecule has 0 fully saturated rings. The lowest BCUT2D eigenvalue weighted by Crippen LogP contribution is -1.98. The number of hydrogen-bond donors (Lipinski definition) is 0. The number of hydrogen-bond acceptors (Lipinski definition) is 3. The van der Waals surface area contributed by atoms with Crippen molar-refractivity contribution >= 4 is 23.6 Å². The summed E-state index contributed by atoms with van der Waals surface area (Å²) in [6.45, 7) is 0. The highest BCUT2D eigenvalue weighted by molar-refractivity contribution is 6.43. The second-order valence-electron chi connectivity index (χ2n) is 2.00. The van der Waals surface area contributed by atoms with Gasteiger partial charge in [0.15, 0.2) is 0 Å². The molecule has 0 saturated carbocycles. The first-order valence-corrected chi connectivity index (χ1v) is 3.61. The van der Waals surface area contributed by atoms with E-state index in [1.807, 2.05) is 0 Å². The Hall–Kier alpha value is -1.22. The predicted octanol–water partition coefficient (Wildman–Crippen LogP) is 2.03. The van der Waals surface area contributed by atoms with Gasteiger partial charge in [-0.25, -0.2) is 4.79 Å². The molecule has 0 aliphatic carbocycles. The van der Waals surface area contributed by atoms with E-state index >= 15 is 0 Å². The van der Waals surface area contributed by atoms with Crippen LogP contribution >= 0.6 is 11.6 Å². The van der Waals surface area contributed by atoms with E-state index in [-0.39, 0.29) is 5.03 Å². The molecular formula is C8H7ClO3. The summed E-state index contributed by atoms with van der Waals surface area (Å²) < 4.78 is 9.31. The molecule has 3 nitrogen and oxygen atoms in total. The lowest BCUT2D eigenvalue weighted by molar-refractivity contribution is -0.135. The fraction of sp³-hybridized carbons (Fsp3) is 0.125. The number of halogens is 1. The van der Waals surface area contributed by atoms with Crippen LogP contribution in [-0.2, 0) is 9.53 Å². The van der Waals surface area contributed by atoms with Gasteiger partial charge in [0.1, 0.15) is 10.8 Å². The number of rotatable bonds is 2. The standard InChI is InChI=1S/C8H7ClO3/c1-11-8(10)7(9)5-6-3-2-4-12-6/h2-5H,1H3/b7-5-. The van der Waals surface area contributed by atoms with Crippen LogP contribution in [0.5, 0.6) is 0 Å². The average Bonchev–Trinajstić information content (AvgIpc) is 2.55. The first kappa shape index (κ1) is 8.87. The highest BCUT2D eigenvalue weighted by Crippen LogP contribution is 2.11. The number of methoxy groups -OCH3 is 1. The van der Waals surface area contributed by atoms with Gasteiger partial charge in [-0.15, -0.1) is 0 Å². The maximum Gasteiger partial charge on any atom is 0.349 e. The van der Waals surface area contributed by atoms with E-state index in [0.717, 1.165) is 0 Å². The van der Waals surface area contributed by atoms with Gasteiger partial charge in [-0.3, -0.25) is 0 Å². The molecule has 0 amide bonds. The Morgan fingerprint density at radius 2 is 2.50 bits per heavy atom. The van der Waals surface area contributed by atoms with Crippen LogP contribution in [0.25, 0.3) is 6.08 Å². The largest absolute Gasteiger partial charge is 0.465 e. The summed E-state index contributed by atoms with van der Waals surface area (Å²) >= 11 is 5.55. The molecule has 0 atom stereocenters. The minimum absolute atomic E-state index is 0.00699. The molecule has 0 radical (unpaired) electrons. The molecule has 1 aromatic heterocycles. The van der Waals surface area contributed by atoms with Crippen LogP contribution in [0, 0.1) is 0 Å². The second kappa shape index (κ2) is 3.97. The normalized spacial score (nSPS) is 11.3. The number of ether oxygens (including phenoxy) is 1. The Labute approximate surface area is 74.6 Å². The molecule has 1 aromatic rings. The Bertz CT molecular complexity index is 287. The van der Waals surface area contributed by atoms with Gasteiger partial charge in [0.05, 0.1) is 13.4 Å². The molecular weight excluding hydrogens is 180 g/mol. The van der Waals surface area contributed by atoms with Crippen molar-refractivity contribution in [3.05, 3.63) is 29.2 Å². The van der Waals surface area contributed by atoms with Crippen molar-refractivity contribution in [1.29, 1.82) is 0 Å². The topological polar surface area (TPSA) is 39.4 Å². The van der Waals surface area contributed by atoms with Gasteiger partial charge in [-0.2, -0.15) is 0 Å². The van der Waals surface area contributed by atoms with Crippen LogP contribution in [0.3, 0.4) is 0 Å². The molecule has 0 aliphatic heterocycles. The highest BCUT2D eigenvalue weighted by atomic mass is 35.5. The van der Waals surface area contributed by atoms with Crippen molar-refractivity contribution < 1.29 is 13.9 Å². The molecule has 0 N–H and O–H groups in total. The third kappa shape index (κ3) is 2.13. The van der Waals surface area contributed by atoms with Crippen molar-refractivity contribution in [2.45, 2.75) is 0 Å². The third-order valence-electron chi connectivity index (χ3n) is 1.19. The highest BCUT2D eigenvalue weighted by Gasteiger charge is 2.05. The van der Waals surface area contributed by atoms with Crippen molar-refractivity contribution in [3.63, 3.8) is 0 Å². The van der Waals surface area contributed by atoms with E-state index in [2.05, 4.69) is 4.74 Å². The summed E-state index contributed by atoms with van der Waals surface area (Å²) in [5.41, 5.74) is 0. The SMILES string of the molecule is COC(=O)/C(Cl)=C/c1ccco1. The van der Waals surface area contributed by atoms with Crippen molar-refractivity contribution in [1.82, 2.24) is 0 Å². The maximum atomic E-state index is 10.8. The third-order valence-corrected chi connectivity index (χ3v) is 1.46. The van der Waals surface area contributed by atoms with Crippen LogP contribution in [-0.4, -0.2) is 13.1 Å². The van der Waals surface area contributed by atoms with Gasteiger partial charge >= 0.3 is 5.97 Å². The van der Waals surface area contributed by atoms with Crippen molar-refractivity contribution in [3.8, 4) is 0 Å². The molecule has 64 valence electrons. The van der Waals surface area contributed by atoms with E-state index < -0.39 is 5.97 Å². The lowest BCUT2D eigenvalue weighted by Gasteiger charge is -1.93. The van der Waals surface area contributed by atoms with Crippen LogP contribution in [0.4, 0.5) is 0 Å². The van der Waals surface area contributed by atoms with E-state index in [1.54, 1.807) is 12.1 Å². The van der Waals surface area contributed by atoms with Gasteiger partial charge in [0.25, 0.3) is 0 Å². The fourth-order valence-electron chi connectivity index (χ4n) is 0.655. The summed E-state index contributed by atoms with van der Waals surface area (Å²) in [7, 11) is 1.26. The predicted molar refractivity (Wildman–Crippen MR) is 44.6 cm³/mol. The molecule has 1 heterocycles. The van der Waals surface area contributed by atoms with Gasteiger partial charge in [-0.1, -0.05) is 11.6 Å². The monoisotopic (exact) mass is 186 g/mol. The molecule has 4 heteroatoms. The van der Waals surface area contributed by atoms with E-state index in [9.17, 15) is 4.79 Å². The Morgan fingerprint density at radius 1 is 1.75 bits per heavy atom. The Kier molecular flexibility index (Phi) is 2.94. The summed E-state index contributed by atoms with van der Waals surface area (Å²) in [6, 6.07) is 3.39. The van der Waals surface area contributed by atoms with Crippen LogP contribution in [0.1, 0.15) is 5.76 Å². The van der Waals surface area contributed by atoms with Crippen molar-refractivity contribution in [2.24, 2.45) is 0 Å². The minimum Gasteiger partial charge on any atom is -0.465 e. The average molecular weight is 187 g/mol. The van der Waals surface area contributed by atoms with Crippen LogP contribution < -0.4 is 0 Å². The fourth-order valence-corrected chi connectivity index (χ4v) is 0.839. The Morgan fingerprint density at radius 3 is 3.00 bits per heavy atom. The zero-order chi connectivity index (χ0) is 8.97. The number of esters is 1. The van der Waals surface area contributed by atoms with Gasteiger partial charge in [0.2, 0.25) is 0 Å². The summed E-state index contributed by atoms with van der Waals surface area (Å²) in [5, 5.41) is -0.00699. The molecule has 0 aliphatic rings. The number of carbonyl (C=O) groups excluding carboxylic acids is 1. The number of furan rings is 1. The second-order valence-corrected chi connectivity index (χ2v) is 2.41. The smallest absolute Gasteiger partial charge is 0.349 e. The van der Waals surface area contributed by atoms with Crippen LogP contribution in [0.2, 0.25) is 0 Å². The maximum absolute atomic E-state index is 10.8. The van der Waals surface area contributed by atoms with E-state index in [4.69, 9.17) is 16.0 Å². The van der Waals surface area contributed by atoms with E-state index in [1.165, 1.54) is 19.4 Å².